The van der Waals surface area contributed by atoms with E-state index in [1.165, 1.54) is 0 Å². The van der Waals surface area contributed by atoms with E-state index < -0.39 is 0 Å². The summed E-state index contributed by atoms with van der Waals surface area (Å²) in [7, 11) is 0. The number of hydrogen-bond donors (Lipinski definition) is 1. The highest BCUT2D eigenvalue weighted by molar-refractivity contribution is 7.98. The summed E-state index contributed by atoms with van der Waals surface area (Å²) in [5, 5.41) is 0. The van der Waals surface area contributed by atoms with Gasteiger partial charge in [0, 0.05) is 10.6 Å². The van der Waals surface area contributed by atoms with Crippen LogP contribution in [0.3, 0.4) is 0 Å². The molecule has 0 aliphatic heterocycles. The topological polar surface area (TPSA) is 52.0 Å². The summed E-state index contributed by atoms with van der Waals surface area (Å²) in [4.78, 5) is 5.38. The fourth-order valence-electron chi connectivity index (χ4n) is 1.25. The van der Waals surface area contributed by atoms with Crippen LogP contribution in [0.25, 0.3) is 0 Å². The zero-order valence-corrected chi connectivity index (χ0v) is 9.25. The molecule has 2 heterocycles. The molecule has 2 rings (SSSR count). The average Bonchev–Trinajstić information content (AvgIpc) is 2.61. The maximum atomic E-state index is 5.60. The summed E-state index contributed by atoms with van der Waals surface area (Å²) in [5.41, 5.74) is 6.59. The molecule has 0 bridgehead atoms. The maximum absolute atomic E-state index is 5.60. The van der Waals surface area contributed by atoms with Crippen molar-refractivity contribution in [3.05, 3.63) is 42.0 Å². The third-order valence-electron chi connectivity index (χ3n) is 2.02. The van der Waals surface area contributed by atoms with Gasteiger partial charge in [0.15, 0.2) is 0 Å². The fraction of sp³-hybridized carbons (Fsp3) is 0.182. The molecule has 0 unspecified atom stereocenters. The van der Waals surface area contributed by atoms with E-state index in [1.807, 2.05) is 25.1 Å². The Morgan fingerprint density at radius 1 is 1.40 bits per heavy atom. The van der Waals surface area contributed by atoms with E-state index in [9.17, 15) is 0 Å². The summed E-state index contributed by atoms with van der Waals surface area (Å²) in [6, 6.07) is 7.64. The molecule has 2 aromatic heterocycles. The molecular formula is C11H12N2OS. The molecule has 0 radical (unpaired) electrons. The zero-order valence-electron chi connectivity index (χ0n) is 8.43. The standard InChI is InChI=1S/C11H12N2OS/c1-8-10(5-6-14-8)15-7-9-3-2-4-11(12)13-9/h2-6H,7H2,1H3,(H2,12,13). The second-order valence-electron chi connectivity index (χ2n) is 3.18. The molecule has 0 spiro atoms. The van der Waals surface area contributed by atoms with Crippen LogP contribution >= 0.6 is 11.8 Å². The van der Waals surface area contributed by atoms with Gasteiger partial charge in [0.2, 0.25) is 0 Å². The van der Waals surface area contributed by atoms with Crippen LogP contribution in [0.2, 0.25) is 0 Å². The molecule has 0 atom stereocenters. The van der Waals surface area contributed by atoms with Gasteiger partial charge in [-0.05, 0) is 25.1 Å². The van der Waals surface area contributed by atoms with Gasteiger partial charge in [-0.25, -0.2) is 4.98 Å². The first kappa shape index (κ1) is 10.1. The minimum atomic E-state index is 0.567. The maximum Gasteiger partial charge on any atom is 0.123 e. The highest BCUT2D eigenvalue weighted by atomic mass is 32.2. The van der Waals surface area contributed by atoms with E-state index in [0.717, 1.165) is 22.1 Å². The van der Waals surface area contributed by atoms with E-state index in [2.05, 4.69) is 4.98 Å². The number of furan rings is 1. The van der Waals surface area contributed by atoms with Gasteiger partial charge in [0.05, 0.1) is 12.0 Å². The van der Waals surface area contributed by atoms with E-state index in [1.54, 1.807) is 24.1 Å². The molecule has 3 nitrogen and oxygen atoms in total. The molecule has 0 saturated carbocycles. The first-order valence-electron chi connectivity index (χ1n) is 4.64. The number of thioether (sulfide) groups is 1. The van der Waals surface area contributed by atoms with Crippen LogP contribution in [-0.2, 0) is 5.75 Å². The number of nitrogens with two attached hydrogens (primary N) is 1. The van der Waals surface area contributed by atoms with Crippen molar-refractivity contribution < 1.29 is 4.42 Å². The van der Waals surface area contributed by atoms with Crippen LogP contribution < -0.4 is 5.73 Å². The summed E-state index contributed by atoms with van der Waals surface area (Å²) in [6.45, 7) is 1.95. The van der Waals surface area contributed by atoms with Gasteiger partial charge in [-0.15, -0.1) is 11.8 Å². The van der Waals surface area contributed by atoms with Gasteiger partial charge in [0.1, 0.15) is 11.6 Å². The Bertz CT molecular complexity index is 453. The molecule has 0 amide bonds. The van der Waals surface area contributed by atoms with E-state index in [0.29, 0.717) is 5.82 Å². The van der Waals surface area contributed by atoms with Crippen LogP contribution in [0.15, 0.2) is 39.8 Å². The van der Waals surface area contributed by atoms with Gasteiger partial charge in [-0.2, -0.15) is 0 Å². The van der Waals surface area contributed by atoms with Crippen LogP contribution in [0.5, 0.6) is 0 Å². The van der Waals surface area contributed by atoms with Gasteiger partial charge in [0.25, 0.3) is 0 Å². The van der Waals surface area contributed by atoms with Crippen LogP contribution in [0.4, 0.5) is 5.82 Å². The average molecular weight is 220 g/mol. The van der Waals surface area contributed by atoms with Gasteiger partial charge in [-0.1, -0.05) is 6.07 Å². The van der Waals surface area contributed by atoms with E-state index in [-0.39, 0.29) is 0 Å². The summed E-state index contributed by atoms with van der Waals surface area (Å²) >= 11 is 1.70. The van der Waals surface area contributed by atoms with Gasteiger partial charge in [-0.3, -0.25) is 0 Å². The lowest BCUT2D eigenvalue weighted by Gasteiger charge is -2.00. The number of aryl methyl sites for hydroxylation is 1. The molecular weight excluding hydrogens is 208 g/mol. The predicted octanol–water partition coefficient (Wildman–Crippen LogP) is 2.86. The van der Waals surface area contributed by atoms with Crippen molar-refractivity contribution in [2.75, 3.05) is 5.73 Å². The van der Waals surface area contributed by atoms with Crippen molar-refractivity contribution in [3.8, 4) is 0 Å². The lowest BCUT2D eigenvalue weighted by atomic mass is 10.4. The largest absolute Gasteiger partial charge is 0.468 e. The number of anilines is 1. The molecule has 0 aromatic carbocycles. The Hall–Kier alpha value is -1.42. The van der Waals surface area contributed by atoms with Gasteiger partial charge >= 0.3 is 0 Å². The summed E-state index contributed by atoms with van der Waals surface area (Å²) in [5.74, 6) is 2.33. The monoisotopic (exact) mass is 220 g/mol. The first-order chi connectivity index (χ1) is 7.25. The molecule has 4 heteroatoms. The first-order valence-corrected chi connectivity index (χ1v) is 5.62. The molecule has 0 saturated heterocycles. The molecule has 0 aliphatic carbocycles. The second kappa shape index (κ2) is 4.40. The normalized spacial score (nSPS) is 10.5. The lowest BCUT2D eigenvalue weighted by Crippen LogP contribution is -1.93. The smallest absolute Gasteiger partial charge is 0.123 e. The highest BCUT2D eigenvalue weighted by Gasteiger charge is 2.03. The minimum absolute atomic E-state index is 0.567. The number of nitrogen functional groups attached to an aromatic ring is 1. The Morgan fingerprint density at radius 3 is 2.93 bits per heavy atom. The SMILES string of the molecule is Cc1occc1SCc1cccc(N)n1. The third kappa shape index (κ3) is 2.53. The Balaban J connectivity index is 2.02. The van der Waals surface area contributed by atoms with Crippen molar-refractivity contribution in [1.82, 2.24) is 4.98 Å². The van der Waals surface area contributed by atoms with Crippen molar-refractivity contribution in [1.29, 1.82) is 0 Å². The molecule has 2 aromatic rings. The number of hydrogen-bond acceptors (Lipinski definition) is 4. The lowest BCUT2D eigenvalue weighted by molar-refractivity contribution is 0.527. The summed E-state index contributed by atoms with van der Waals surface area (Å²) < 4.78 is 5.21. The number of rotatable bonds is 3. The van der Waals surface area contributed by atoms with E-state index in [4.69, 9.17) is 10.2 Å². The Kier molecular flexibility index (Phi) is 2.97. The third-order valence-corrected chi connectivity index (χ3v) is 3.19. The van der Waals surface area contributed by atoms with Crippen molar-refractivity contribution in [2.24, 2.45) is 0 Å². The minimum Gasteiger partial charge on any atom is -0.468 e. The second-order valence-corrected chi connectivity index (χ2v) is 4.20. The molecule has 0 fully saturated rings. The summed E-state index contributed by atoms with van der Waals surface area (Å²) in [6.07, 6.45) is 1.70. The predicted molar refractivity (Wildman–Crippen MR) is 61.7 cm³/mol. The zero-order chi connectivity index (χ0) is 10.7. The van der Waals surface area contributed by atoms with Crippen molar-refractivity contribution in [3.63, 3.8) is 0 Å². The molecule has 15 heavy (non-hydrogen) atoms. The van der Waals surface area contributed by atoms with Crippen LogP contribution in [-0.4, -0.2) is 4.98 Å². The van der Waals surface area contributed by atoms with Crippen LogP contribution in [0, 0.1) is 6.92 Å². The quantitative estimate of drug-likeness (QED) is 0.808. The van der Waals surface area contributed by atoms with Crippen LogP contribution in [0.1, 0.15) is 11.5 Å². The molecule has 2 N–H and O–H groups in total. The van der Waals surface area contributed by atoms with Crippen molar-refractivity contribution >= 4 is 17.6 Å². The Morgan fingerprint density at radius 2 is 2.27 bits per heavy atom. The Labute approximate surface area is 92.7 Å². The van der Waals surface area contributed by atoms with E-state index >= 15 is 0 Å². The highest BCUT2D eigenvalue weighted by Crippen LogP contribution is 2.26. The van der Waals surface area contributed by atoms with Gasteiger partial charge < -0.3 is 10.2 Å². The van der Waals surface area contributed by atoms with Crippen molar-refractivity contribution in [2.45, 2.75) is 17.6 Å². The number of aromatic nitrogens is 1. The molecule has 78 valence electrons. The molecule has 0 aliphatic rings. The number of nitrogens with zero attached hydrogens (tertiary/aromatic N) is 1. The fourth-order valence-corrected chi connectivity index (χ4v) is 2.12. The number of pyridine rings is 1.